The minimum absolute atomic E-state index is 0.00350. The minimum atomic E-state index is -0.0842. The van der Waals surface area contributed by atoms with Crippen LogP contribution in [0.3, 0.4) is 0 Å². The fourth-order valence-electron chi connectivity index (χ4n) is 1.17. The zero-order valence-electron chi connectivity index (χ0n) is 10.3. The van der Waals surface area contributed by atoms with Crippen LogP contribution in [0.1, 0.15) is 46.5 Å². The van der Waals surface area contributed by atoms with Crippen LogP contribution in [0.4, 0.5) is 0 Å². The largest absolute Gasteiger partial charge is 0.465 e. The Hall–Kier alpha value is -0.570. The summed E-state index contributed by atoms with van der Waals surface area (Å²) in [6.07, 6.45) is 4.46. The predicted octanol–water partition coefficient (Wildman–Crippen LogP) is 2.36. The third-order valence-electron chi connectivity index (χ3n) is 2.14. The van der Waals surface area contributed by atoms with E-state index in [2.05, 4.69) is 12.2 Å². The molecular weight excluding hydrogens is 190 g/mol. The molecule has 0 aromatic rings. The van der Waals surface area contributed by atoms with Crippen molar-refractivity contribution in [3.63, 3.8) is 0 Å². The third kappa shape index (κ3) is 9.73. The molecule has 0 heterocycles. The maximum Gasteiger partial charge on any atom is 0.308 e. The van der Waals surface area contributed by atoms with Gasteiger partial charge in [0.25, 0.3) is 0 Å². The Morgan fingerprint density at radius 2 is 1.93 bits per heavy atom. The van der Waals surface area contributed by atoms with Gasteiger partial charge in [-0.3, -0.25) is 4.79 Å². The van der Waals surface area contributed by atoms with E-state index in [4.69, 9.17) is 4.74 Å². The summed E-state index contributed by atoms with van der Waals surface area (Å²) in [5, 5.41) is 3.35. The maximum absolute atomic E-state index is 11.1. The van der Waals surface area contributed by atoms with Crippen LogP contribution in [0.2, 0.25) is 0 Å². The Labute approximate surface area is 93.6 Å². The van der Waals surface area contributed by atoms with Crippen molar-refractivity contribution in [3.05, 3.63) is 0 Å². The van der Waals surface area contributed by atoms with E-state index in [0.29, 0.717) is 6.61 Å². The van der Waals surface area contributed by atoms with E-state index in [0.717, 1.165) is 25.9 Å². The van der Waals surface area contributed by atoms with Crippen molar-refractivity contribution in [2.24, 2.45) is 5.92 Å². The van der Waals surface area contributed by atoms with Crippen molar-refractivity contribution in [2.75, 3.05) is 19.7 Å². The van der Waals surface area contributed by atoms with Crippen LogP contribution in [-0.2, 0) is 9.53 Å². The quantitative estimate of drug-likeness (QED) is 0.474. The highest BCUT2D eigenvalue weighted by Crippen LogP contribution is 1.99. The smallest absolute Gasteiger partial charge is 0.308 e. The van der Waals surface area contributed by atoms with E-state index in [1.54, 1.807) is 0 Å². The highest BCUT2D eigenvalue weighted by atomic mass is 16.5. The molecule has 0 amide bonds. The topological polar surface area (TPSA) is 38.3 Å². The average Bonchev–Trinajstić information content (AvgIpc) is 2.21. The van der Waals surface area contributed by atoms with Gasteiger partial charge in [0.05, 0.1) is 12.5 Å². The molecule has 0 rings (SSSR count). The molecule has 0 atom stereocenters. The lowest BCUT2D eigenvalue weighted by atomic mass is 10.2. The number of esters is 1. The van der Waals surface area contributed by atoms with E-state index < -0.39 is 0 Å². The lowest BCUT2D eigenvalue weighted by Gasteiger charge is -2.07. The van der Waals surface area contributed by atoms with Crippen LogP contribution in [0.15, 0.2) is 0 Å². The summed E-state index contributed by atoms with van der Waals surface area (Å²) in [6, 6.07) is 0. The average molecular weight is 215 g/mol. The molecule has 0 saturated carbocycles. The Kier molecular flexibility index (Phi) is 9.59. The van der Waals surface area contributed by atoms with Gasteiger partial charge in [-0.15, -0.1) is 0 Å². The van der Waals surface area contributed by atoms with Crippen LogP contribution in [-0.4, -0.2) is 25.7 Å². The van der Waals surface area contributed by atoms with Crippen molar-refractivity contribution in [3.8, 4) is 0 Å². The summed E-state index contributed by atoms with van der Waals surface area (Å²) in [5.74, 6) is -0.0877. The van der Waals surface area contributed by atoms with Gasteiger partial charge in [-0.25, -0.2) is 0 Å². The zero-order chi connectivity index (χ0) is 11.5. The highest BCUT2D eigenvalue weighted by molar-refractivity contribution is 5.71. The highest BCUT2D eigenvalue weighted by Gasteiger charge is 2.06. The van der Waals surface area contributed by atoms with Gasteiger partial charge in [-0.2, -0.15) is 0 Å². The van der Waals surface area contributed by atoms with Crippen LogP contribution >= 0.6 is 0 Å². The van der Waals surface area contributed by atoms with Crippen molar-refractivity contribution in [1.29, 1.82) is 0 Å². The van der Waals surface area contributed by atoms with Gasteiger partial charge < -0.3 is 10.1 Å². The van der Waals surface area contributed by atoms with Gasteiger partial charge in [-0.1, -0.05) is 20.8 Å². The maximum atomic E-state index is 11.1. The first kappa shape index (κ1) is 14.4. The molecular formula is C12H25NO2. The number of ether oxygens (including phenoxy) is 1. The fourth-order valence-corrected chi connectivity index (χ4v) is 1.17. The lowest BCUT2D eigenvalue weighted by molar-refractivity contribution is -0.147. The first-order chi connectivity index (χ1) is 7.18. The van der Waals surface area contributed by atoms with E-state index in [9.17, 15) is 4.79 Å². The second-order valence-corrected chi connectivity index (χ2v) is 4.13. The molecule has 3 nitrogen and oxygen atoms in total. The number of hydrogen-bond acceptors (Lipinski definition) is 3. The van der Waals surface area contributed by atoms with E-state index >= 15 is 0 Å². The minimum Gasteiger partial charge on any atom is -0.465 e. The first-order valence-electron chi connectivity index (χ1n) is 6.05. The normalized spacial score (nSPS) is 10.7. The molecule has 0 spiro atoms. The number of carbonyl (C=O) groups is 1. The zero-order valence-corrected chi connectivity index (χ0v) is 10.3. The second-order valence-electron chi connectivity index (χ2n) is 4.13. The SMILES string of the molecule is CCCNCCCCCOC(=O)C(C)C. The van der Waals surface area contributed by atoms with Gasteiger partial charge in [0, 0.05) is 0 Å². The van der Waals surface area contributed by atoms with Crippen molar-refractivity contribution in [1.82, 2.24) is 5.32 Å². The standard InChI is InChI=1S/C12H25NO2/c1-4-8-13-9-6-5-7-10-15-12(14)11(2)3/h11,13H,4-10H2,1-3H3. The third-order valence-corrected chi connectivity index (χ3v) is 2.14. The molecule has 0 aromatic carbocycles. The molecule has 15 heavy (non-hydrogen) atoms. The summed E-state index contributed by atoms with van der Waals surface area (Å²) in [5.41, 5.74) is 0. The van der Waals surface area contributed by atoms with Gasteiger partial charge in [0.1, 0.15) is 0 Å². The van der Waals surface area contributed by atoms with Crippen molar-refractivity contribution < 1.29 is 9.53 Å². The molecule has 0 aliphatic heterocycles. The number of nitrogens with one attached hydrogen (secondary N) is 1. The summed E-state index contributed by atoms with van der Waals surface area (Å²) < 4.78 is 5.07. The van der Waals surface area contributed by atoms with Gasteiger partial charge >= 0.3 is 5.97 Å². The lowest BCUT2D eigenvalue weighted by Crippen LogP contribution is -2.16. The molecule has 0 unspecified atom stereocenters. The van der Waals surface area contributed by atoms with Gasteiger partial charge in [-0.05, 0) is 38.8 Å². The molecule has 0 aliphatic carbocycles. The Morgan fingerprint density at radius 1 is 1.20 bits per heavy atom. The molecule has 0 bridgehead atoms. The van der Waals surface area contributed by atoms with Crippen LogP contribution in [0.25, 0.3) is 0 Å². The van der Waals surface area contributed by atoms with Crippen LogP contribution in [0, 0.1) is 5.92 Å². The number of carbonyl (C=O) groups excluding carboxylic acids is 1. The first-order valence-corrected chi connectivity index (χ1v) is 6.05. The van der Waals surface area contributed by atoms with Crippen molar-refractivity contribution in [2.45, 2.75) is 46.5 Å². The van der Waals surface area contributed by atoms with Gasteiger partial charge in [0.2, 0.25) is 0 Å². The molecule has 90 valence electrons. The van der Waals surface area contributed by atoms with Crippen LogP contribution in [0.5, 0.6) is 0 Å². The predicted molar refractivity (Wildman–Crippen MR) is 62.8 cm³/mol. The summed E-state index contributed by atoms with van der Waals surface area (Å²) >= 11 is 0. The second kappa shape index (κ2) is 9.97. The molecule has 0 aromatic heterocycles. The molecule has 0 fully saturated rings. The molecule has 0 aliphatic rings. The number of hydrogen-bond donors (Lipinski definition) is 1. The molecule has 1 N–H and O–H groups in total. The van der Waals surface area contributed by atoms with Crippen molar-refractivity contribution >= 4 is 5.97 Å². The van der Waals surface area contributed by atoms with E-state index in [-0.39, 0.29) is 11.9 Å². The number of rotatable bonds is 9. The molecule has 3 heteroatoms. The van der Waals surface area contributed by atoms with E-state index in [1.165, 1.54) is 12.8 Å². The fraction of sp³-hybridized carbons (Fsp3) is 0.917. The Bertz CT molecular complexity index is 158. The monoisotopic (exact) mass is 215 g/mol. The summed E-state index contributed by atoms with van der Waals surface area (Å²) in [4.78, 5) is 11.1. The molecule has 0 saturated heterocycles. The summed E-state index contributed by atoms with van der Waals surface area (Å²) in [7, 11) is 0. The van der Waals surface area contributed by atoms with Crippen LogP contribution < -0.4 is 5.32 Å². The van der Waals surface area contributed by atoms with E-state index in [1.807, 2.05) is 13.8 Å². The summed E-state index contributed by atoms with van der Waals surface area (Å²) in [6.45, 7) is 8.63. The number of unbranched alkanes of at least 4 members (excludes halogenated alkanes) is 2. The van der Waals surface area contributed by atoms with Gasteiger partial charge in [0.15, 0.2) is 0 Å². The Morgan fingerprint density at radius 3 is 2.53 bits per heavy atom. The Balaban J connectivity index is 3.08. The molecule has 0 radical (unpaired) electrons.